The van der Waals surface area contributed by atoms with E-state index >= 15 is 0 Å². The van der Waals surface area contributed by atoms with Crippen LogP contribution in [0.1, 0.15) is 25.7 Å². The normalized spacial score (nSPS) is 24.9. The molecule has 2 aliphatic rings. The molecule has 2 rings (SSSR count). The predicted octanol–water partition coefficient (Wildman–Crippen LogP) is 1.78. The molecule has 9 heavy (non-hydrogen) atoms. The minimum atomic E-state index is -0.295. The Morgan fingerprint density at radius 1 is 1.22 bits per heavy atom. The molecule has 1 aliphatic carbocycles. The minimum absolute atomic E-state index is 0.295. The van der Waals surface area contributed by atoms with Gasteiger partial charge in [-0.1, -0.05) is 0 Å². The summed E-state index contributed by atoms with van der Waals surface area (Å²) in [5, 5.41) is 0. The second-order valence-corrected chi connectivity index (χ2v) is 7.45. The van der Waals surface area contributed by atoms with Crippen molar-refractivity contribution in [1.82, 2.24) is 0 Å². The van der Waals surface area contributed by atoms with Gasteiger partial charge in [0.2, 0.25) is 0 Å². The van der Waals surface area contributed by atoms with Crippen molar-refractivity contribution >= 4 is 23.2 Å². The molecule has 0 aromatic carbocycles. The second-order valence-electron chi connectivity index (χ2n) is 2.69. The van der Waals surface area contributed by atoms with E-state index < -0.39 is 0 Å². The molecule has 0 N–H and O–H groups in total. The van der Waals surface area contributed by atoms with Crippen molar-refractivity contribution in [3.05, 3.63) is 18.7 Å². The van der Waals surface area contributed by atoms with E-state index in [1.807, 2.05) is 3.28 Å². The Labute approximate surface area is 67.6 Å². The first-order valence-electron chi connectivity index (χ1n) is 3.62. The average molecular weight is 316 g/mol. The third-order valence-corrected chi connectivity index (χ3v) is 6.92. The molecule has 0 fully saturated rings. The molecule has 0 spiro atoms. The van der Waals surface area contributed by atoms with E-state index in [0.717, 1.165) is 0 Å². The molecular formula is C8H11Bi. The summed E-state index contributed by atoms with van der Waals surface area (Å²) in [6.07, 6.45) is 8.20. The van der Waals surface area contributed by atoms with E-state index in [0.29, 0.717) is 0 Å². The molecular weight excluding hydrogens is 305 g/mol. The van der Waals surface area contributed by atoms with Crippen LogP contribution in [0.25, 0.3) is 0 Å². The molecule has 0 bridgehead atoms. The molecule has 0 atom stereocenters. The van der Waals surface area contributed by atoms with Crippen LogP contribution in [0.2, 0.25) is 0 Å². The fourth-order valence-electron chi connectivity index (χ4n) is 1.52. The standard InChI is InChI=1S/C8H10.Bi.H/c1-2-8-6-4-3-5-7-8;;/h1-2H,3-6H2;;. The Morgan fingerprint density at radius 3 is 3.00 bits per heavy atom. The van der Waals surface area contributed by atoms with Gasteiger partial charge in [0.1, 0.15) is 0 Å². The van der Waals surface area contributed by atoms with Crippen LogP contribution in [-0.2, 0) is 0 Å². The first kappa shape index (κ1) is 6.10. The van der Waals surface area contributed by atoms with Crippen LogP contribution in [0, 0.1) is 0 Å². The summed E-state index contributed by atoms with van der Waals surface area (Å²) >= 11 is -0.295. The van der Waals surface area contributed by atoms with Crippen LogP contribution < -0.4 is 0 Å². The molecule has 0 aromatic heterocycles. The molecule has 1 heteroatoms. The molecule has 0 radical (unpaired) electrons. The third kappa shape index (κ3) is 1.12. The maximum atomic E-state index is 2.50. The van der Waals surface area contributed by atoms with Crippen LogP contribution >= 0.6 is 0 Å². The van der Waals surface area contributed by atoms with Crippen LogP contribution in [-0.4, -0.2) is 23.2 Å². The molecule has 1 aliphatic heterocycles. The molecule has 0 aromatic rings. The van der Waals surface area contributed by atoms with E-state index in [1.54, 1.807) is 5.57 Å². The van der Waals surface area contributed by atoms with Gasteiger partial charge in [-0.15, -0.1) is 0 Å². The van der Waals surface area contributed by atoms with Gasteiger partial charge in [0.25, 0.3) is 0 Å². The topological polar surface area (TPSA) is 0 Å². The van der Waals surface area contributed by atoms with Gasteiger partial charge in [-0.25, -0.2) is 0 Å². The van der Waals surface area contributed by atoms with Gasteiger partial charge in [-0.2, -0.15) is 0 Å². The first-order chi connectivity index (χ1) is 4.47. The summed E-state index contributed by atoms with van der Waals surface area (Å²) in [4.78, 5) is 0. The summed E-state index contributed by atoms with van der Waals surface area (Å²) in [6, 6.07) is 0. The van der Waals surface area contributed by atoms with Crippen molar-refractivity contribution in [2.45, 2.75) is 25.7 Å². The number of hydrogen-bond donors (Lipinski definition) is 0. The Bertz CT molecular complexity index is 177. The van der Waals surface area contributed by atoms with Crippen molar-refractivity contribution in [3.63, 3.8) is 0 Å². The Hall–Kier alpha value is 0.363. The zero-order chi connectivity index (χ0) is 6.10. The molecule has 1 heterocycles. The fourth-order valence-corrected chi connectivity index (χ4v) is 6.19. The quantitative estimate of drug-likeness (QED) is 0.598. The summed E-state index contributed by atoms with van der Waals surface area (Å²) in [5.41, 5.74) is 1.74. The van der Waals surface area contributed by atoms with E-state index in [9.17, 15) is 0 Å². The molecule has 0 amide bonds. The predicted molar refractivity (Wildman–Crippen MR) is 41.8 cm³/mol. The van der Waals surface area contributed by atoms with Crippen LogP contribution in [0.15, 0.2) is 18.7 Å². The summed E-state index contributed by atoms with van der Waals surface area (Å²) < 4.78 is 4.41. The van der Waals surface area contributed by atoms with Gasteiger partial charge in [0, 0.05) is 0 Å². The number of allylic oxidation sites excluding steroid dienone is 3. The van der Waals surface area contributed by atoms with Crippen LogP contribution in [0.4, 0.5) is 0 Å². The summed E-state index contributed by atoms with van der Waals surface area (Å²) in [7, 11) is 0. The van der Waals surface area contributed by atoms with Crippen LogP contribution in [0.5, 0.6) is 0 Å². The van der Waals surface area contributed by atoms with Crippen molar-refractivity contribution < 1.29 is 0 Å². The zero-order valence-corrected chi connectivity index (χ0v) is 9.37. The Balaban J connectivity index is 2.24. The van der Waals surface area contributed by atoms with Crippen molar-refractivity contribution in [2.75, 3.05) is 0 Å². The summed E-state index contributed by atoms with van der Waals surface area (Å²) in [6.45, 7) is 0. The Morgan fingerprint density at radius 2 is 2.11 bits per heavy atom. The SMILES string of the molecule is [CH]1=CC2=[C](CCCC2)[BiH]1. The van der Waals surface area contributed by atoms with Gasteiger partial charge >= 0.3 is 67.6 Å². The van der Waals surface area contributed by atoms with E-state index in [4.69, 9.17) is 0 Å². The van der Waals surface area contributed by atoms with E-state index in [1.165, 1.54) is 25.7 Å². The van der Waals surface area contributed by atoms with Gasteiger partial charge < -0.3 is 0 Å². The van der Waals surface area contributed by atoms with Crippen LogP contribution in [0.3, 0.4) is 0 Å². The van der Waals surface area contributed by atoms with Gasteiger partial charge in [-0.05, 0) is 0 Å². The van der Waals surface area contributed by atoms with Crippen molar-refractivity contribution in [2.24, 2.45) is 0 Å². The monoisotopic (exact) mass is 316 g/mol. The summed E-state index contributed by atoms with van der Waals surface area (Å²) in [5.74, 6) is 0. The van der Waals surface area contributed by atoms with E-state index in [2.05, 4.69) is 9.86 Å². The maximum absolute atomic E-state index is 2.50. The number of rotatable bonds is 0. The molecule has 48 valence electrons. The zero-order valence-electron chi connectivity index (χ0n) is 5.48. The van der Waals surface area contributed by atoms with Crippen molar-refractivity contribution in [1.29, 1.82) is 0 Å². The first-order valence-corrected chi connectivity index (χ1v) is 7.81. The fraction of sp³-hybridized carbons (Fsp3) is 0.500. The molecule has 0 saturated heterocycles. The second kappa shape index (κ2) is 2.54. The third-order valence-electron chi connectivity index (χ3n) is 2.05. The Kier molecular flexibility index (Phi) is 1.72. The molecule has 0 unspecified atom stereocenters. The average Bonchev–Trinajstić information content (AvgIpc) is 2.33. The van der Waals surface area contributed by atoms with Gasteiger partial charge in [0.15, 0.2) is 0 Å². The molecule has 0 saturated carbocycles. The van der Waals surface area contributed by atoms with Crippen molar-refractivity contribution in [3.8, 4) is 0 Å². The van der Waals surface area contributed by atoms with Gasteiger partial charge in [0.05, 0.1) is 0 Å². The number of hydrogen-bond acceptors (Lipinski definition) is 0. The molecule has 0 nitrogen and oxygen atoms in total. The van der Waals surface area contributed by atoms with Gasteiger partial charge in [-0.3, -0.25) is 0 Å². The van der Waals surface area contributed by atoms with E-state index in [-0.39, 0.29) is 23.2 Å².